The molecule has 0 aromatic heterocycles. The van der Waals surface area contributed by atoms with Gasteiger partial charge in [-0.2, -0.15) is 0 Å². The van der Waals surface area contributed by atoms with Gasteiger partial charge in [-0.1, -0.05) is 12.8 Å². The molecule has 0 atom stereocenters. The van der Waals surface area contributed by atoms with Gasteiger partial charge in [-0.15, -0.1) is 0 Å². The predicted molar refractivity (Wildman–Crippen MR) is 58.9 cm³/mol. The molecule has 84 valence electrons. The van der Waals surface area contributed by atoms with E-state index in [4.69, 9.17) is 9.47 Å². The van der Waals surface area contributed by atoms with Crippen LogP contribution in [0.4, 0.5) is 0 Å². The highest BCUT2D eigenvalue weighted by molar-refractivity contribution is 5.98. The van der Waals surface area contributed by atoms with Crippen molar-refractivity contribution in [3.05, 3.63) is 23.8 Å². The molecule has 3 heteroatoms. The summed E-state index contributed by atoms with van der Waals surface area (Å²) in [5.74, 6) is 1.92. The number of Topliss-reactive ketones (excluding diaryl/α,β-unsaturated/α-hetero) is 1. The second-order valence-corrected chi connectivity index (χ2v) is 4.41. The topological polar surface area (TPSA) is 35.5 Å². The van der Waals surface area contributed by atoms with Gasteiger partial charge in [-0.3, -0.25) is 4.79 Å². The maximum absolute atomic E-state index is 12.2. The summed E-state index contributed by atoms with van der Waals surface area (Å²) >= 11 is 0. The fraction of sp³-hybridized carbons (Fsp3) is 0.462. The van der Waals surface area contributed by atoms with Gasteiger partial charge in [0.2, 0.25) is 6.79 Å². The van der Waals surface area contributed by atoms with Crippen molar-refractivity contribution in [1.29, 1.82) is 0 Å². The number of benzene rings is 1. The molecule has 3 rings (SSSR count). The minimum atomic E-state index is 0.223. The average Bonchev–Trinajstić information content (AvgIpc) is 2.98. The van der Waals surface area contributed by atoms with E-state index < -0.39 is 0 Å². The molecule has 0 radical (unpaired) electrons. The van der Waals surface area contributed by atoms with Gasteiger partial charge in [0.15, 0.2) is 17.3 Å². The predicted octanol–water partition coefficient (Wildman–Crippen LogP) is 2.79. The van der Waals surface area contributed by atoms with Crippen molar-refractivity contribution in [1.82, 2.24) is 0 Å². The molecule has 0 amide bonds. The Balaban J connectivity index is 1.86. The van der Waals surface area contributed by atoms with Crippen molar-refractivity contribution in [2.45, 2.75) is 25.7 Å². The van der Waals surface area contributed by atoms with Gasteiger partial charge in [0, 0.05) is 11.5 Å². The maximum atomic E-state index is 12.2. The van der Waals surface area contributed by atoms with Gasteiger partial charge < -0.3 is 9.47 Å². The van der Waals surface area contributed by atoms with Crippen LogP contribution in [0.15, 0.2) is 18.2 Å². The van der Waals surface area contributed by atoms with E-state index in [-0.39, 0.29) is 18.5 Å². The fourth-order valence-corrected chi connectivity index (χ4v) is 2.47. The largest absolute Gasteiger partial charge is 0.454 e. The minimum Gasteiger partial charge on any atom is -0.454 e. The van der Waals surface area contributed by atoms with E-state index in [1.165, 1.54) is 12.8 Å². The molecular formula is C13H14O3. The Morgan fingerprint density at radius 2 is 1.88 bits per heavy atom. The van der Waals surface area contributed by atoms with E-state index in [1.54, 1.807) is 0 Å². The second-order valence-electron chi connectivity index (χ2n) is 4.41. The van der Waals surface area contributed by atoms with Gasteiger partial charge in [0.1, 0.15) is 0 Å². The Labute approximate surface area is 94.4 Å². The lowest BCUT2D eigenvalue weighted by molar-refractivity contribution is 0.0922. The van der Waals surface area contributed by atoms with E-state index >= 15 is 0 Å². The molecule has 1 saturated carbocycles. The molecule has 3 nitrogen and oxygen atoms in total. The number of fused-ring (bicyclic) bond motifs is 1. The maximum Gasteiger partial charge on any atom is 0.231 e. The lowest BCUT2D eigenvalue weighted by Gasteiger charge is -2.08. The highest BCUT2D eigenvalue weighted by Crippen LogP contribution is 2.35. The Morgan fingerprint density at radius 3 is 2.69 bits per heavy atom. The number of ketones is 1. The van der Waals surface area contributed by atoms with Crippen LogP contribution in [0.25, 0.3) is 0 Å². The van der Waals surface area contributed by atoms with Crippen LogP contribution in [0.5, 0.6) is 11.5 Å². The molecule has 1 aliphatic carbocycles. The SMILES string of the molecule is O=C(c1ccc2c(c1)OCO2)C1CCCC1. The summed E-state index contributed by atoms with van der Waals surface area (Å²) in [6, 6.07) is 5.47. The van der Waals surface area contributed by atoms with E-state index in [2.05, 4.69) is 0 Å². The third kappa shape index (κ3) is 1.56. The second kappa shape index (κ2) is 3.81. The molecule has 0 bridgehead atoms. The lowest BCUT2D eigenvalue weighted by Crippen LogP contribution is -2.10. The van der Waals surface area contributed by atoms with E-state index in [1.807, 2.05) is 18.2 Å². The molecule has 1 aromatic rings. The third-order valence-corrected chi connectivity index (χ3v) is 3.38. The Kier molecular flexibility index (Phi) is 2.31. The number of hydrogen-bond donors (Lipinski definition) is 0. The van der Waals surface area contributed by atoms with Gasteiger partial charge in [-0.05, 0) is 31.0 Å². The third-order valence-electron chi connectivity index (χ3n) is 3.38. The van der Waals surface area contributed by atoms with E-state index in [9.17, 15) is 4.79 Å². The monoisotopic (exact) mass is 218 g/mol. The molecular weight excluding hydrogens is 204 g/mol. The first-order valence-corrected chi connectivity index (χ1v) is 5.78. The van der Waals surface area contributed by atoms with Crippen LogP contribution in [-0.2, 0) is 0 Å². The molecule has 1 aromatic carbocycles. The highest BCUT2D eigenvalue weighted by atomic mass is 16.7. The number of hydrogen-bond acceptors (Lipinski definition) is 3. The molecule has 1 aliphatic heterocycles. The molecule has 0 N–H and O–H groups in total. The van der Waals surface area contributed by atoms with Crippen molar-refractivity contribution in [2.75, 3.05) is 6.79 Å². The van der Waals surface area contributed by atoms with Crippen LogP contribution < -0.4 is 9.47 Å². The van der Waals surface area contributed by atoms with E-state index in [0.717, 1.165) is 24.2 Å². The van der Waals surface area contributed by atoms with Crippen molar-refractivity contribution in [3.63, 3.8) is 0 Å². The first-order chi connectivity index (χ1) is 7.84. The molecule has 0 unspecified atom stereocenters. The van der Waals surface area contributed by atoms with Crippen LogP contribution in [-0.4, -0.2) is 12.6 Å². The first-order valence-electron chi connectivity index (χ1n) is 5.78. The molecule has 0 spiro atoms. The standard InChI is InChI=1S/C13H14O3/c14-13(9-3-1-2-4-9)10-5-6-11-12(7-10)16-8-15-11/h5-7,9H,1-4,8H2. The Bertz CT molecular complexity index is 419. The number of rotatable bonds is 2. The summed E-state index contributed by atoms with van der Waals surface area (Å²) in [5, 5.41) is 0. The molecule has 16 heavy (non-hydrogen) atoms. The summed E-state index contributed by atoms with van der Waals surface area (Å²) in [7, 11) is 0. The zero-order chi connectivity index (χ0) is 11.0. The summed E-state index contributed by atoms with van der Waals surface area (Å²) < 4.78 is 10.5. The van der Waals surface area contributed by atoms with E-state index in [0.29, 0.717) is 5.75 Å². The zero-order valence-electron chi connectivity index (χ0n) is 9.07. The fourth-order valence-electron chi connectivity index (χ4n) is 2.47. The van der Waals surface area contributed by atoms with Crippen LogP contribution in [0.3, 0.4) is 0 Å². The van der Waals surface area contributed by atoms with Crippen LogP contribution in [0, 0.1) is 5.92 Å². The van der Waals surface area contributed by atoms with Crippen molar-refractivity contribution in [3.8, 4) is 11.5 Å². The average molecular weight is 218 g/mol. The summed E-state index contributed by atoms with van der Waals surface area (Å²) in [6.07, 6.45) is 4.43. The Hall–Kier alpha value is -1.51. The minimum absolute atomic E-state index is 0.223. The smallest absolute Gasteiger partial charge is 0.231 e. The summed E-state index contributed by atoms with van der Waals surface area (Å²) in [4.78, 5) is 12.2. The van der Waals surface area contributed by atoms with Gasteiger partial charge in [0.25, 0.3) is 0 Å². The van der Waals surface area contributed by atoms with Crippen molar-refractivity contribution >= 4 is 5.78 Å². The number of carbonyl (C=O) groups excluding carboxylic acids is 1. The van der Waals surface area contributed by atoms with Crippen molar-refractivity contribution in [2.24, 2.45) is 5.92 Å². The van der Waals surface area contributed by atoms with Crippen molar-refractivity contribution < 1.29 is 14.3 Å². The molecule has 2 aliphatic rings. The molecule has 0 saturated heterocycles. The Morgan fingerprint density at radius 1 is 1.12 bits per heavy atom. The van der Waals surface area contributed by atoms with Crippen LogP contribution >= 0.6 is 0 Å². The van der Waals surface area contributed by atoms with Crippen LogP contribution in [0.1, 0.15) is 36.0 Å². The van der Waals surface area contributed by atoms with Gasteiger partial charge in [0.05, 0.1) is 0 Å². The first kappa shape index (κ1) is 9.70. The number of carbonyl (C=O) groups is 1. The molecule has 1 fully saturated rings. The zero-order valence-corrected chi connectivity index (χ0v) is 9.07. The summed E-state index contributed by atoms with van der Waals surface area (Å²) in [6.45, 7) is 0.260. The highest BCUT2D eigenvalue weighted by Gasteiger charge is 2.25. The molecule has 1 heterocycles. The lowest BCUT2D eigenvalue weighted by atomic mass is 9.96. The number of ether oxygens (including phenoxy) is 2. The summed E-state index contributed by atoms with van der Waals surface area (Å²) in [5.41, 5.74) is 0.760. The van der Waals surface area contributed by atoms with Crippen LogP contribution in [0.2, 0.25) is 0 Å². The van der Waals surface area contributed by atoms with Gasteiger partial charge >= 0.3 is 0 Å². The van der Waals surface area contributed by atoms with Gasteiger partial charge in [-0.25, -0.2) is 0 Å². The quantitative estimate of drug-likeness (QED) is 0.716. The normalized spacial score (nSPS) is 19.0.